The molecule has 0 N–H and O–H groups in total. The number of likely N-dealkylation sites (tertiary alicyclic amines) is 2. The summed E-state index contributed by atoms with van der Waals surface area (Å²) in [5.74, 6) is 1.10. The van der Waals surface area contributed by atoms with Gasteiger partial charge in [0.1, 0.15) is 5.76 Å². The first-order chi connectivity index (χ1) is 8.26. The van der Waals surface area contributed by atoms with Crippen molar-refractivity contribution in [1.82, 2.24) is 9.80 Å². The zero-order chi connectivity index (χ0) is 11.7. The fourth-order valence-corrected chi connectivity index (χ4v) is 3.57. The third-order valence-corrected chi connectivity index (χ3v) is 4.33. The van der Waals surface area contributed by atoms with E-state index in [-0.39, 0.29) is 0 Å². The molecule has 2 saturated heterocycles. The molecule has 94 valence electrons. The van der Waals surface area contributed by atoms with Crippen LogP contribution in [-0.4, -0.2) is 43.0 Å². The molecule has 2 aliphatic rings. The minimum atomic E-state index is 0.569. The first kappa shape index (κ1) is 11.3. The van der Waals surface area contributed by atoms with Gasteiger partial charge in [-0.15, -0.1) is 0 Å². The van der Waals surface area contributed by atoms with Crippen LogP contribution in [0.4, 0.5) is 0 Å². The van der Waals surface area contributed by atoms with E-state index in [0.717, 1.165) is 12.3 Å². The highest BCUT2D eigenvalue weighted by atomic mass is 16.3. The quantitative estimate of drug-likeness (QED) is 0.782. The van der Waals surface area contributed by atoms with Gasteiger partial charge >= 0.3 is 0 Å². The zero-order valence-electron chi connectivity index (χ0n) is 10.7. The Morgan fingerprint density at radius 1 is 1.29 bits per heavy atom. The van der Waals surface area contributed by atoms with Crippen molar-refractivity contribution >= 4 is 0 Å². The molecular formula is C14H22N2O. The molecule has 0 amide bonds. The van der Waals surface area contributed by atoms with E-state index in [0.29, 0.717) is 5.41 Å². The predicted molar refractivity (Wildman–Crippen MR) is 67.8 cm³/mol. The molecular weight excluding hydrogens is 212 g/mol. The summed E-state index contributed by atoms with van der Waals surface area (Å²) >= 11 is 0. The summed E-state index contributed by atoms with van der Waals surface area (Å²) in [5, 5.41) is 0. The Kier molecular flexibility index (Phi) is 2.97. The van der Waals surface area contributed by atoms with E-state index in [1.54, 1.807) is 6.26 Å². The van der Waals surface area contributed by atoms with Gasteiger partial charge in [-0.2, -0.15) is 0 Å². The molecule has 3 rings (SSSR count). The normalized spacial score (nSPS) is 31.4. The van der Waals surface area contributed by atoms with E-state index >= 15 is 0 Å². The fraction of sp³-hybridized carbons (Fsp3) is 0.714. The molecule has 1 aromatic heterocycles. The van der Waals surface area contributed by atoms with Crippen LogP contribution in [-0.2, 0) is 6.54 Å². The van der Waals surface area contributed by atoms with Crippen molar-refractivity contribution in [3.63, 3.8) is 0 Å². The molecule has 2 aliphatic heterocycles. The summed E-state index contributed by atoms with van der Waals surface area (Å²) in [7, 11) is 2.26. The van der Waals surface area contributed by atoms with Crippen LogP contribution in [0.2, 0.25) is 0 Å². The van der Waals surface area contributed by atoms with Crippen molar-refractivity contribution < 1.29 is 4.42 Å². The average molecular weight is 234 g/mol. The zero-order valence-corrected chi connectivity index (χ0v) is 10.7. The highest BCUT2D eigenvalue weighted by Crippen LogP contribution is 2.38. The molecule has 1 atom stereocenters. The monoisotopic (exact) mass is 234 g/mol. The first-order valence-electron chi connectivity index (χ1n) is 6.69. The average Bonchev–Trinajstić information content (AvgIpc) is 2.90. The van der Waals surface area contributed by atoms with Crippen molar-refractivity contribution in [2.75, 3.05) is 33.2 Å². The highest BCUT2D eigenvalue weighted by molar-refractivity contribution is 5.01. The summed E-state index contributed by atoms with van der Waals surface area (Å²) in [4.78, 5) is 5.05. The molecule has 1 aromatic rings. The molecule has 0 saturated carbocycles. The molecule has 0 bridgehead atoms. The Hall–Kier alpha value is -0.800. The highest BCUT2D eigenvalue weighted by Gasteiger charge is 2.40. The van der Waals surface area contributed by atoms with Crippen LogP contribution in [0.1, 0.15) is 25.0 Å². The molecule has 1 spiro atoms. The topological polar surface area (TPSA) is 19.6 Å². The third kappa shape index (κ3) is 2.40. The lowest BCUT2D eigenvalue weighted by molar-refractivity contribution is 0.111. The van der Waals surface area contributed by atoms with Crippen LogP contribution >= 0.6 is 0 Å². The summed E-state index contributed by atoms with van der Waals surface area (Å²) in [6.45, 7) is 6.02. The molecule has 3 heteroatoms. The van der Waals surface area contributed by atoms with Gasteiger partial charge in [-0.3, -0.25) is 4.90 Å². The Balaban J connectivity index is 1.61. The number of hydrogen-bond donors (Lipinski definition) is 0. The molecule has 0 radical (unpaired) electrons. The van der Waals surface area contributed by atoms with E-state index < -0.39 is 0 Å². The van der Waals surface area contributed by atoms with Crippen LogP contribution in [0.15, 0.2) is 22.8 Å². The molecule has 2 fully saturated rings. The van der Waals surface area contributed by atoms with Gasteiger partial charge in [-0.05, 0) is 56.9 Å². The summed E-state index contributed by atoms with van der Waals surface area (Å²) in [6.07, 6.45) is 5.91. The molecule has 17 heavy (non-hydrogen) atoms. The van der Waals surface area contributed by atoms with Gasteiger partial charge in [0.15, 0.2) is 0 Å². The minimum absolute atomic E-state index is 0.569. The summed E-state index contributed by atoms with van der Waals surface area (Å²) in [6, 6.07) is 4.06. The second-order valence-electron chi connectivity index (χ2n) is 5.88. The summed E-state index contributed by atoms with van der Waals surface area (Å²) in [5.41, 5.74) is 0.569. The number of piperidine rings is 1. The maximum atomic E-state index is 5.44. The van der Waals surface area contributed by atoms with Gasteiger partial charge in [-0.25, -0.2) is 0 Å². The van der Waals surface area contributed by atoms with Crippen LogP contribution in [0.3, 0.4) is 0 Å². The second kappa shape index (κ2) is 4.46. The Morgan fingerprint density at radius 3 is 3.00 bits per heavy atom. The van der Waals surface area contributed by atoms with Crippen molar-refractivity contribution in [1.29, 1.82) is 0 Å². The van der Waals surface area contributed by atoms with Crippen LogP contribution in [0.25, 0.3) is 0 Å². The lowest BCUT2D eigenvalue weighted by Gasteiger charge is -2.38. The van der Waals surface area contributed by atoms with Crippen LogP contribution in [0.5, 0.6) is 0 Å². The van der Waals surface area contributed by atoms with Gasteiger partial charge < -0.3 is 9.32 Å². The van der Waals surface area contributed by atoms with Crippen molar-refractivity contribution in [3.05, 3.63) is 24.2 Å². The smallest absolute Gasteiger partial charge is 0.117 e. The number of rotatable bonds is 2. The van der Waals surface area contributed by atoms with Crippen LogP contribution < -0.4 is 0 Å². The van der Waals surface area contributed by atoms with Gasteiger partial charge in [0.2, 0.25) is 0 Å². The van der Waals surface area contributed by atoms with Gasteiger partial charge in [0.25, 0.3) is 0 Å². The number of furan rings is 1. The first-order valence-corrected chi connectivity index (χ1v) is 6.69. The minimum Gasteiger partial charge on any atom is -0.468 e. The third-order valence-electron chi connectivity index (χ3n) is 4.33. The predicted octanol–water partition coefficient (Wildman–Crippen LogP) is 2.20. The van der Waals surface area contributed by atoms with Crippen molar-refractivity contribution in [2.45, 2.75) is 25.8 Å². The standard InChI is InChI=1S/C14H22N2O/c1-15-7-3-5-14(11-15)6-8-16(12-14)10-13-4-2-9-17-13/h2,4,9H,3,5-8,10-12H2,1H3/t14-/m0/s1. The molecule has 3 nitrogen and oxygen atoms in total. The largest absolute Gasteiger partial charge is 0.468 e. The molecule has 0 unspecified atom stereocenters. The van der Waals surface area contributed by atoms with Crippen LogP contribution in [0, 0.1) is 5.41 Å². The summed E-state index contributed by atoms with van der Waals surface area (Å²) < 4.78 is 5.44. The van der Waals surface area contributed by atoms with Crippen molar-refractivity contribution in [3.8, 4) is 0 Å². The fourth-order valence-electron chi connectivity index (χ4n) is 3.57. The van der Waals surface area contributed by atoms with Gasteiger partial charge in [-0.1, -0.05) is 0 Å². The maximum Gasteiger partial charge on any atom is 0.117 e. The van der Waals surface area contributed by atoms with E-state index in [1.165, 1.54) is 45.4 Å². The molecule has 3 heterocycles. The lowest BCUT2D eigenvalue weighted by atomic mass is 9.79. The van der Waals surface area contributed by atoms with Gasteiger partial charge in [0, 0.05) is 13.1 Å². The Morgan fingerprint density at radius 2 is 2.24 bits per heavy atom. The molecule has 0 aliphatic carbocycles. The van der Waals surface area contributed by atoms with E-state index in [9.17, 15) is 0 Å². The molecule has 0 aromatic carbocycles. The van der Waals surface area contributed by atoms with Crippen molar-refractivity contribution in [2.24, 2.45) is 5.41 Å². The maximum absolute atomic E-state index is 5.44. The van der Waals surface area contributed by atoms with E-state index in [1.807, 2.05) is 6.07 Å². The second-order valence-corrected chi connectivity index (χ2v) is 5.88. The van der Waals surface area contributed by atoms with E-state index in [4.69, 9.17) is 4.42 Å². The van der Waals surface area contributed by atoms with Gasteiger partial charge in [0.05, 0.1) is 12.8 Å². The number of hydrogen-bond acceptors (Lipinski definition) is 3. The lowest BCUT2D eigenvalue weighted by Crippen LogP contribution is -2.42. The van der Waals surface area contributed by atoms with E-state index in [2.05, 4.69) is 22.9 Å². The SMILES string of the molecule is CN1CCC[C@]2(CCN(Cc3ccco3)C2)C1. The Bertz CT molecular complexity index is 362. The number of nitrogens with zero attached hydrogens (tertiary/aromatic N) is 2. The Labute approximate surface area is 103 Å².